The fraction of sp³-hybridized carbons (Fsp3) is 0.346. The molecule has 1 saturated heterocycles. The van der Waals surface area contributed by atoms with E-state index < -0.39 is 0 Å². The van der Waals surface area contributed by atoms with Crippen LogP contribution in [-0.4, -0.2) is 54.9 Å². The molecule has 0 saturated carbocycles. The molecule has 3 heterocycles. The molecule has 0 aliphatic carbocycles. The summed E-state index contributed by atoms with van der Waals surface area (Å²) >= 11 is 0. The fourth-order valence-electron chi connectivity index (χ4n) is 4.74. The minimum Gasteiger partial charge on any atom is -0.352 e. The van der Waals surface area contributed by atoms with Gasteiger partial charge in [0.05, 0.1) is 35.2 Å². The Hall–Kier alpha value is -3.81. The SMILES string of the molecule is Cc1ccc(-n2nccn2)c(C(=O)N2CCCC(C)C2CNc2ncc3cc(C)ccc3n2)c1. The lowest BCUT2D eigenvalue weighted by Crippen LogP contribution is -2.51. The normalized spacial score (nSPS) is 18.3. The van der Waals surface area contributed by atoms with E-state index in [1.54, 1.807) is 12.4 Å². The van der Waals surface area contributed by atoms with Crippen molar-refractivity contribution in [3.05, 3.63) is 71.7 Å². The van der Waals surface area contributed by atoms with E-state index >= 15 is 0 Å². The van der Waals surface area contributed by atoms with E-state index in [1.807, 2.05) is 42.3 Å². The first-order valence-electron chi connectivity index (χ1n) is 11.7. The summed E-state index contributed by atoms with van der Waals surface area (Å²) < 4.78 is 0. The monoisotopic (exact) mass is 455 g/mol. The van der Waals surface area contributed by atoms with Crippen LogP contribution in [0, 0.1) is 19.8 Å². The summed E-state index contributed by atoms with van der Waals surface area (Å²) in [6.45, 7) is 7.57. The van der Waals surface area contributed by atoms with Gasteiger partial charge in [0, 0.05) is 24.7 Å². The second-order valence-corrected chi connectivity index (χ2v) is 9.16. The van der Waals surface area contributed by atoms with Crippen LogP contribution in [0.3, 0.4) is 0 Å². The Morgan fingerprint density at radius 3 is 2.68 bits per heavy atom. The lowest BCUT2D eigenvalue weighted by atomic mass is 9.90. The molecule has 0 spiro atoms. The molecule has 4 aromatic rings. The number of nitrogens with zero attached hydrogens (tertiary/aromatic N) is 6. The lowest BCUT2D eigenvalue weighted by Gasteiger charge is -2.40. The van der Waals surface area contributed by atoms with Gasteiger partial charge >= 0.3 is 0 Å². The highest BCUT2D eigenvalue weighted by Crippen LogP contribution is 2.27. The zero-order chi connectivity index (χ0) is 23.7. The minimum absolute atomic E-state index is 0.00394. The minimum atomic E-state index is 0.00394. The summed E-state index contributed by atoms with van der Waals surface area (Å²) in [6.07, 6.45) is 7.15. The van der Waals surface area contributed by atoms with E-state index in [0.717, 1.165) is 29.3 Å². The maximum absolute atomic E-state index is 13.8. The van der Waals surface area contributed by atoms with Gasteiger partial charge in [-0.05, 0) is 56.9 Å². The maximum atomic E-state index is 13.8. The molecule has 2 unspecified atom stereocenters. The number of piperidine rings is 1. The van der Waals surface area contributed by atoms with E-state index in [4.69, 9.17) is 0 Å². The molecule has 5 rings (SSSR count). The number of anilines is 1. The second kappa shape index (κ2) is 9.21. The van der Waals surface area contributed by atoms with Crippen molar-refractivity contribution in [1.82, 2.24) is 29.9 Å². The number of nitrogens with one attached hydrogen (secondary N) is 1. The molecule has 1 aliphatic heterocycles. The molecule has 2 aromatic carbocycles. The van der Waals surface area contributed by atoms with Crippen LogP contribution in [0.25, 0.3) is 16.6 Å². The lowest BCUT2D eigenvalue weighted by molar-refractivity contribution is 0.0539. The van der Waals surface area contributed by atoms with Crippen molar-refractivity contribution in [2.24, 2.45) is 5.92 Å². The van der Waals surface area contributed by atoms with E-state index in [0.29, 0.717) is 36.2 Å². The van der Waals surface area contributed by atoms with Gasteiger partial charge < -0.3 is 10.2 Å². The third-order valence-electron chi connectivity index (χ3n) is 6.60. The first kappa shape index (κ1) is 22.0. The summed E-state index contributed by atoms with van der Waals surface area (Å²) in [7, 11) is 0. The number of aromatic nitrogens is 5. The van der Waals surface area contributed by atoms with Crippen molar-refractivity contribution in [3.63, 3.8) is 0 Å². The van der Waals surface area contributed by atoms with Crippen molar-refractivity contribution in [2.45, 2.75) is 39.7 Å². The van der Waals surface area contributed by atoms with Crippen LogP contribution >= 0.6 is 0 Å². The van der Waals surface area contributed by atoms with Gasteiger partial charge in [-0.2, -0.15) is 15.0 Å². The van der Waals surface area contributed by atoms with Crippen LogP contribution < -0.4 is 5.32 Å². The van der Waals surface area contributed by atoms with Gasteiger partial charge in [0.1, 0.15) is 0 Å². The molecule has 2 aromatic heterocycles. The van der Waals surface area contributed by atoms with Crippen LogP contribution in [0.15, 0.2) is 55.0 Å². The topological polar surface area (TPSA) is 88.8 Å². The highest BCUT2D eigenvalue weighted by atomic mass is 16.2. The number of rotatable bonds is 5. The quantitative estimate of drug-likeness (QED) is 0.486. The molecule has 8 nitrogen and oxygen atoms in total. The van der Waals surface area contributed by atoms with Gasteiger partial charge in [-0.15, -0.1) is 0 Å². The van der Waals surface area contributed by atoms with E-state index in [-0.39, 0.29) is 11.9 Å². The standard InChI is InChI=1S/C26H29N7O/c1-17-6-8-22-20(13-17)15-27-26(31-22)28-16-24-19(3)5-4-12-32(24)25(34)21-14-18(2)7-9-23(21)33-29-10-11-30-33/h6-11,13-15,19,24H,4-5,12,16H2,1-3H3,(H,27,28,31). The van der Waals surface area contributed by atoms with Gasteiger partial charge in [0.25, 0.3) is 5.91 Å². The Morgan fingerprint density at radius 1 is 1.09 bits per heavy atom. The summed E-state index contributed by atoms with van der Waals surface area (Å²) in [5.41, 5.74) is 4.43. The molecule has 0 bridgehead atoms. The Bertz CT molecular complexity index is 1320. The fourth-order valence-corrected chi connectivity index (χ4v) is 4.74. The number of aryl methyl sites for hydroxylation is 2. The number of likely N-dealkylation sites (tertiary alicyclic amines) is 1. The van der Waals surface area contributed by atoms with Gasteiger partial charge in [-0.3, -0.25) is 4.79 Å². The Kier molecular flexibility index (Phi) is 5.96. The number of carbonyl (C=O) groups is 1. The molecule has 1 amide bonds. The molecule has 0 radical (unpaired) electrons. The molecular formula is C26H29N7O. The second-order valence-electron chi connectivity index (χ2n) is 9.16. The number of hydrogen-bond donors (Lipinski definition) is 1. The van der Waals surface area contributed by atoms with Crippen molar-refractivity contribution in [3.8, 4) is 5.69 Å². The highest BCUT2D eigenvalue weighted by molar-refractivity contribution is 5.98. The van der Waals surface area contributed by atoms with Crippen molar-refractivity contribution in [1.29, 1.82) is 0 Å². The zero-order valence-electron chi connectivity index (χ0n) is 19.8. The van der Waals surface area contributed by atoms with Gasteiger partial charge in [0.15, 0.2) is 0 Å². The van der Waals surface area contributed by atoms with E-state index in [1.165, 1.54) is 10.4 Å². The predicted molar refractivity (Wildman–Crippen MR) is 132 cm³/mol. The average Bonchev–Trinajstić information content (AvgIpc) is 3.37. The summed E-state index contributed by atoms with van der Waals surface area (Å²) in [5, 5.41) is 12.9. The first-order valence-corrected chi connectivity index (χ1v) is 11.7. The average molecular weight is 456 g/mol. The van der Waals surface area contributed by atoms with Gasteiger partial charge in [-0.1, -0.05) is 30.2 Å². The van der Waals surface area contributed by atoms with Crippen molar-refractivity contribution < 1.29 is 4.79 Å². The summed E-state index contributed by atoms with van der Waals surface area (Å²) in [6, 6.07) is 12.0. The van der Waals surface area contributed by atoms with Gasteiger partial charge in [-0.25, -0.2) is 9.97 Å². The molecule has 2 atom stereocenters. The number of hydrogen-bond acceptors (Lipinski definition) is 6. The number of fused-ring (bicyclic) bond motifs is 1. The smallest absolute Gasteiger partial charge is 0.256 e. The number of amides is 1. The van der Waals surface area contributed by atoms with Gasteiger partial charge in [0.2, 0.25) is 5.95 Å². The van der Waals surface area contributed by atoms with Crippen molar-refractivity contribution >= 4 is 22.8 Å². The van der Waals surface area contributed by atoms with Crippen LogP contribution in [0.1, 0.15) is 41.3 Å². The molecule has 8 heteroatoms. The summed E-state index contributed by atoms with van der Waals surface area (Å²) in [5.74, 6) is 0.937. The Balaban J connectivity index is 1.40. The van der Waals surface area contributed by atoms with Crippen LogP contribution in [0.5, 0.6) is 0 Å². The van der Waals surface area contributed by atoms with E-state index in [2.05, 4.69) is 51.5 Å². The van der Waals surface area contributed by atoms with Crippen LogP contribution in [0.2, 0.25) is 0 Å². The third kappa shape index (κ3) is 4.35. The van der Waals surface area contributed by atoms with Crippen molar-refractivity contribution in [2.75, 3.05) is 18.4 Å². The third-order valence-corrected chi connectivity index (χ3v) is 6.60. The first-order chi connectivity index (χ1) is 16.5. The molecule has 174 valence electrons. The zero-order valence-corrected chi connectivity index (χ0v) is 19.8. The molecule has 1 fully saturated rings. The summed E-state index contributed by atoms with van der Waals surface area (Å²) in [4.78, 5) is 26.5. The highest BCUT2D eigenvalue weighted by Gasteiger charge is 2.33. The molecule has 1 N–H and O–H groups in total. The van der Waals surface area contributed by atoms with Crippen LogP contribution in [-0.2, 0) is 0 Å². The predicted octanol–water partition coefficient (Wildman–Crippen LogP) is 4.18. The Morgan fingerprint density at radius 2 is 1.85 bits per heavy atom. The molecule has 1 aliphatic rings. The largest absolute Gasteiger partial charge is 0.352 e. The number of benzene rings is 2. The van der Waals surface area contributed by atoms with E-state index in [9.17, 15) is 4.79 Å². The van der Waals surface area contributed by atoms with Crippen LogP contribution in [0.4, 0.5) is 5.95 Å². The Labute approximate surface area is 199 Å². The number of carbonyl (C=O) groups excluding carboxylic acids is 1. The molecular weight excluding hydrogens is 426 g/mol. The molecule has 34 heavy (non-hydrogen) atoms. The maximum Gasteiger partial charge on any atom is 0.256 e.